The molecule has 0 saturated carbocycles. The van der Waals surface area contributed by atoms with E-state index in [-0.39, 0.29) is 12.3 Å². The lowest BCUT2D eigenvalue weighted by molar-refractivity contribution is -0.384. The van der Waals surface area contributed by atoms with Gasteiger partial charge in [0, 0.05) is 30.2 Å². The molecule has 1 aromatic heterocycles. The van der Waals surface area contributed by atoms with E-state index in [2.05, 4.69) is 16.4 Å². The van der Waals surface area contributed by atoms with Gasteiger partial charge in [0.1, 0.15) is 5.69 Å². The molecule has 3 rings (SSSR count). The van der Waals surface area contributed by atoms with Crippen molar-refractivity contribution in [3.8, 4) is 0 Å². The number of hydrogen-bond acceptors (Lipinski definition) is 4. The van der Waals surface area contributed by atoms with Crippen LogP contribution < -0.4 is 5.32 Å². The highest BCUT2D eigenvalue weighted by molar-refractivity contribution is 5.80. The Morgan fingerprint density at radius 3 is 2.74 bits per heavy atom. The van der Waals surface area contributed by atoms with Gasteiger partial charge in [-0.25, -0.2) is 0 Å². The van der Waals surface area contributed by atoms with Crippen LogP contribution in [0.3, 0.4) is 0 Å². The van der Waals surface area contributed by atoms with E-state index < -0.39 is 4.92 Å². The first-order chi connectivity index (χ1) is 11.2. The van der Waals surface area contributed by atoms with Crippen LogP contribution in [0.15, 0.2) is 48.5 Å². The molecule has 0 fully saturated rings. The Labute approximate surface area is 132 Å². The van der Waals surface area contributed by atoms with Gasteiger partial charge in [-0.15, -0.1) is 0 Å². The third-order valence-corrected chi connectivity index (χ3v) is 3.74. The summed E-state index contributed by atoms with van der Waals surface area (Å²) >= 11 is 0. The predicted octanol–water partition coefficient (Wildman–Crippen LogP) is 3.22. The number of H-pyrrole nitrogens is 1. The minimum Gasteiger partial charge on any atom is -0.392 e. The number of hydrogen-bond donors (Lipinski definition) is 3. The Balaban J connectivity index is 1.71. The lowest BCUT2D eigenvalue weighted by Crippen LogP contribution is -2.07. The Bertz CT molecular complexity index is 809. The highest BCUT2D eigenvalue weighted by Gasteiger charge is 2.13. The fourth-order valence-electron chi connectivity index (χ4n) is 2.58. The van der Waals surface area contributed by atoms with Crippen LogP contribution in [0.2, 0.25) is 0 Å². The first-order valence-corrected chi connectivity index (χ1v) is 7.36. The summed E-state index contributed by atoms with van der Waals surface area (Å²) in [5.41, 5.74) is 3.23. The molecule has 0 aliphatic heterocycles. The van der Waals surface area contributed by atoms with Crippen molar-refractivity contribution in [2.75, 3.05) is 11.9 Å². The molecule has 0 aliphatic rings. The fraction of sp³-hybridized carbons (Fsp3) is 0.176. The largest absolute Gasteiger partial charge is 0.392 e. The smallest absolute Gasteiger partial charge is 0.292 e. The molecule has 6 heteroatoms. The molecule has 0 amide bonds. The minimum absolute atomic E-state index is 0.0128. The van der Waals surface area contributed by atoms with E-state index in [4.69, 9.17) is 0 Å². The van der Waals surface area contributed by atoms with E-state index in [1.807, 2.05) is 24.3 Å². The molecule has 23 heavy (non-hydrogen) atoms. The number of aliphatic hydroxyl groups is 1. The summed E-state index contributed by atoms with van der Waals surface area (Å²) < 4.78 is 0. The minimum atomic E-state index is -0.424. The van der Waals surface area contributed by atoms with Crippen molar-refractivity contribution in [2.45, 2.75) is 13.0 Å². The topological polar surface area (TPSA) is 91.2 Å². The second-order valence-corrected chi connectivity index (χ2v) is 5.33. The molecule has 0 unspecified atom stereocenters. The number of fused-ring (bicyclic) bond motifs is 1. The van der Waals surface area contributed by atoms with Crippen LogP contribution in [-0.2, 0) is 13.0 Å². The number of aromatic amines is 1. The zero-order valence-corrected chi connectivity index (χ0v) is 12.5. The molecule has 2 aromatic carbocycles. The number of benzene rings is 2. The van der Waals surface area contributed by atoms with E-state index in [1.165, 1.54) is 6.07 Å². The normalized spacial score (nSPS) is 10.8. The number of nitrogens with one attached hydrogen (secondary N) is 2. The third-order valence-electron chi connectivity index (χ3n) is 3.74. The standard InChI is InChI=1S/C17H17N3O3/c21-11-12-5-6-17(20(22)23)16(9-12)18-8-7-14-10-13-3-1-2-4-15(13)19-14/h1-6,9-10,18-19,21H,7-8,11H2. The number of para-hydroxylation sites is 1. The van der Waals surface area contributed by atoms with Gasteiger partial charge < -0.3 is 15.4 Å². The zero-order chi connectivity index (χ0) is 16.2. The summed E-state index contributed by atoms with van der Waals surface area (Å²) in [7, 11) is 0. The molecule has 0 bridgehead atoms. The molecule has 0 radical (unpaired) electrons. The predicted molar refractivity (Wildman–Crippen MR) is 89.5 cm³/mol. The average molecular weight is 311 g/mol. The summed E-state index contributed by atoms with van der Waals surface area (Å²) in [5.74, 6) is 0. The Hall–Kier alpha value is -2.86. The third kappa shape index (κ3) is 3.32. The maximum atomic E-state index is 11.1. The summed E-state index contributed by atoms with van der Waals surface area (Å²) in [6.45, 7) is 0.414. The molecular formula is C17H17N3O3. The maximum absolute atomic E-state index is 11.1. The number of nitro groups is 1. The molecule has 0 aliphatic carbocycles. The Morgan fingerprint density at radius 1 is 1.17 bits per heavy atom. The highest BCUT2D eigenvalue weighted by Crippen LogP contribution is 2.25. The van der Waals surface area contributed by atoms with Gasteiger partial charge in [-0.05, 0) is 35.2 Å². The molecule has 1 heterocycles. The number of anilines is 1. The lowest BCUT2D eigenvalue weighted by Gasteiger charge is -2.08. The van der Waals surface area contributed by atoms with Gasteiger partial charge in [0.05, 0.1) is 11.5 Å². The molecule has 6 nitrogen and oxygen atoms in total. The van der Waals surface area contributed by atoms with Crippen LogP contribution in [-0.4, -0.2) is 21.6 Å². The van der Waals surface area contributed by atoms with Crippen LogP contribution in [0, 0.1) is 10.1 Å². The number of rotatable bonds is 6. The van der Waals surface area contributed by atoms with Crippen LogP contribution in [0.1, 0.15) is 11.3 Å². The zero-order valence-electron chi connectivity index (χ0n) is 12.5. The monoisotopic (exact) mass is 311 g/mol. The Kier molecular flexibility index (Phi) is 4.25. The first-order valence-electron chi connectivity index (χ1n) is 7.36. The first kappa shape index (κ1) is 15.1. The second kappa shape index (κ2) is 6.50. The molecule has 0 saturated heterocycles. The van der Waals surface area contributed by atoms with Crippen molar-refractivity contribution in [2.24, 2.45) is 0 Å². The molecule has 0 atom stereocenters. The van der Waals surface area contributed by atoms with Gasteiger partial charge in [0.25, 0.3) is 5.69 Å². The van der Waals surface area contributed by atoms with Gasteiger partial charge in [-0.1, -0.05) is 18.2 Å². The van der Waals surface area contributed by atoms with Crippen LogP contribution in [0.5, 0.6) is 0 Å². The van der Waals surface area contributed by atoms with E-state index >= 15 is 0 Å². The van der Waals surface area contributed by atoms with Crippen molar-refractivity contribution in [3.05, 3.63) is 69.9 Å². The molecule has 3 aromatic rings. The molecule has 0 spiro atoms. The maximum Gasteiger partial charge on any atom is 0.292 e. The average Bonchev–Trinajstić information content (AvgIpc) is 2.97. The van der Waals surface area contributed by atoms with Gasteiger partial charge in [0.15, 0.2) is 0 Å². The lowest BCUT2D eigenvalue weighted by atomic mass is 10.1. The van der Waals surface area contributed by atoms with E-state index in [9.17, 15) is 15.2 Å². The molecule has 3 N–H and O–H groups in total. The Morgan fingerprint density at radius 2 is 2.00 bits per heavy atom. The van der Waals surface area contributed by atoms with Crippen molar-refractivity contribution in [1.29, 1.82) is 0 Å². The number of nitro benzene ring substituents is 1. The number of nitrogens with zero attached hydrogens (tertiary/aromatic N) is 1. The van der Waals surface area contributed by atoms with Crippen LogP contribution >= 0.6 is 0 Å². The summed E-state index contributed by atoms with van der Waals surface area (Å²) in [4.78, 5) is 14.0. The SMILES string of the molecule is O=[N+]([O-])c1ccc(CO)cc1NCCc1cc2ccccc2[nH]1. The second-order valence-electron chi connectivity index (χ2n) is 5.33. The van der Waals surface area contributed by atoms with Crippen LogP contribution in [0.25, 0.3) is 10.9 Å². The molecular weight excluding hydrogens is 294 g/mol. The number of aromatic nitrogens is 1. The van der Waals surface area contributed by atoms with Crippen molar-refractivity contribution >= 4 is 22.3 Å². The van der Waals surface area contributed by atoms with Crippen molar-refractivity contribution in [1.82, 2.24) is 4.98 Å². The van der Waals surface area contributed by atoms with Crippen LogP contribution in [0.4, 0.5) is 11.4 Å². The quantitative estimate of drug-likeness (QED) is 0.481. The van der Waals surface area contributed by atoms with E-state index in [0.29, 0.717) is 17.8 Å². The van der Waals surface area contributed by atoms with Crippen molar-refractivity contribution < 1.29 is 10.0 Å². The summed E-state index contributed by atoms with van der Waals surface area (Å²) in [5, 5.41) is 24.5. The van der Waals surface area contributed by atoms with E-state index in [1.54, 1.807) is 12.1 Å². The summed E-state index contributed by atoms with van der Waals surface area (Å²) in [6.07, 6.45) is 0.717. The van der Waals surface area contributed by atoms with E-state index in [0.717, 1.165) is 23.0 Å². The summed E-state index contributed by atoms with van der Waals surface area (Å²) in [6, 6.07) is 14.7. The van der Waals surface area contributed by atoms with Gasteiger partial charge in [-0.2, -0.15) is 0 Å². The van der Waals surface area contributed by atoms with Gasteiger partial charge >= 0.3 is 0 Å². The van der Waals surface area contributed by atoms with Gasteiger partial charge in [-0.3, -0.25) is 10.1 Å². The van der Waals surface area contributed by atoms with Gasteiger partial charge in [0.2, 0.25) is 0 Å². The molecule has 118 valence electrons. The highest BCUT2D eigenvalue weighted by atomic mass is 16.6. The number of aliphatic hydroxyl groups excluding tert-OH is 1. The fourth-order valence-corrected chi connectivity index (χ4v) is 2.58. The van der Waals surface area contributed by atoms with Crippen molar-refractivity contribution in [3.63, 3.8) is 0 Å².